The Bertz CT molecular complexity index is 595. The van der Waals surface area contributed by atoms with E-state index in [1.807, 2.05) is 32.6 Å². The zero-order chi connectivity index (χ0) is 15.8. The van der Waals surface area contributed by atoms with Crippen molar-refractivity contribution < 1.29 is 9.18 Å². The van der Waals surface area contributed by atoms with Crippen LogP contribution >= 0.6 is 0 Å². The number of allylic oxidation sites excluding steroid dienone is 1. The maximum Gasteiger partial charge on any atom is 0.256 e. The molecule has 0 spiro atoms. The number of halogens is 1. The van der Waals surface area contributed by atoms with E-state index >= 15 is 0 Å². The molecule has 0 unspecified atom stereocenters. The molecule has 1 aliphatic rings. The summed E-state index contributed by atoms with van der Waals surface area (Å²) in [7, 11) is 0. The molecule has 114 valence electrons. The second kappa shape index (κ2) is 5.48. The monoisotopic (exact) mass is 291 g/mol. The molecule has 2 rings (SSSR count). The Morgan fingerprint density at radius 3 is 2.71 bits per heavy atom. The molecule has 0 aliphatic carbocycles. The fraction of sp³-hybridized carbons (Fsp3) is 0.438. The summed E-state index contributed by atoms with van der Waals surface area (Å²) in [6.45, 7) is 7.97. The van der Waals surface area contributed by atoms with Crippen molar-refractivity contribution in [3.8, 4) is 0 Å². The number of benzene rings is 1. The number of fused-ring (bicyclic) bond motifs is 1. The summed E-state index contributed by atoms with van der Waals surface area (Å²) in [6.07, 6.45) is 2.66. The van der Waals surface area contributed by atoms with Gasteiger partial charge in [-0.2, -0.15) is 0 Å². The molecule has 21 heavy (non-hydrogen) atoms. The summed E-state index contributed by atoms with van der Waals surface area (Å²) in [5.74, 6) is 4.79. The van der Waals surface area contributed by atoms with Gasteiger partial charge >= 0.3 is 0 Å². The first-order chi connectivity index (χ1) is 9.81. The highest BCUT2D eigenvalue weighted by atomic mass is 19.1. The zero-order valence-corrected chi connectivity index (χ0v) is 12.9. The molecule has 1 amide bonds. The largest absolute Gasteiger partial charge is 0.350 e. The number of hydrazine groups is 1. The predicted octanol–water partition coefficient (Wildman–Crippen LogP) is 2.60. The topological polar surface area (TPSA) is 58.4 Å². The van der Waals surface area contributed by atoms with E-state index in [1.54, 1.807) is 6.07 Å². The summed E-state index contributed by atoms with van der Waals surface area (Å²) in [4.78, 5) is 14.1. The van der Waals surface area contributed by atoms with Gasteiger partial charge in [-0.3, -0.25) is 10.2 Å². The third-order valence-corrected chi connectivity index (χ3v) is 3.98. The van der Waals surface area contributed by atoms with Crippen molar-refractivity contribution in [3.05, 3.63) is 35.7 Å². The first kappa shape index (κ1) is 15.5. The van der Waals surface area contributed by atoms with Crippen molar-refractivity contribution in [3.63, 3.8) is 0 Å². The van der Waals surface area contributed by atoms with Gasteiger partial charge in [-0.05, 0) is 51.0 Å². The molecule has 0 fully saturated rings. The Kier molecular flexibility index (Phi) is 4.05. The van der Waals surface area contributed by atoms with Gasteiger partial charge in [0.1, 0.15) is 11.9 Å². The Morgan fingerprint density at radius 2 is 2.14 bits per heavy atom. The molecule has 1 aliphatic heterocycles. The van der Waals surface area contributed by atoms with Gasteiger partial charge < -0.3 is 4.90 Å². The second-order valence-electron chi connectivity index (χ2n) is 5.95. The van der Waals surface area contributed by atoms with Crippen molar-refractivity contribution in [2.75, 3.05) is 4.90 Å². The van der Waals surface area contributed by atoms with E-state index in [2.05, 4.69) is 11.5 Å². The fourth-order valence-electron chi connectivity index (χ4n) is 3.17. The number of nitrogens with zero attached hydrogens (tertiary/aromatic N) is 1. The van der Waals surface area contributed by atoms with E-state index in [4.69, 9.17) is 5.84 Å². The molecule has 1 atom stereocenters. The molecule has 5 heteroatoms. The first-order valence-corrected chi connectivity index (χ1v) is 7.11. The van der Waals surface area contributed by atoms with Gasteiger partial charge in [-0.15, -0.1) is 0 Å². The number of hydrogen-bond donors (Lipinski definition) is 2. The number of nitrogens with one attached hydrogen (secondary N) is 1. The maximum atomic E-state index is 13.6. The van der Waals surface area contributed by atoms with Crippen LogP contribution in [0.15, 0.2) is 24.3 Å². The highest BCUT2D eigenvalue weighted by molar-refractivity contribution is 5.89. The van der Waals surface area contributed by atoms with E-state index in [1.165, 1.54) is 12.1 Å². The molecule has 0 saturated heterocycles. The smallest absolute Gasteiger partial charge is 0.256 e. The van der Waals surface area contributed by atoms with Gasteiger partial charge in [0.2, 0.25) is 0 Å². The van der Waals surface area contributed by atoms with E-state index in [0.717, 1.165) is 16.8 Å². The van der Waals surface area contributed by atoms with Gasteiger partial charge in [0.25, 0.3) is 5.91 Å². The number of amides is 1. The van der Waals surface area contributed by atoms with Crippen LogP contribution in [0.5, 0.6) is 0 Å². The molecular formula is C16H22FN3O. The number of rotatable bonds is 3. The van der Waals surface area contributed by atoms with Crippen molar-refractivity contribution in [2.45, 2.75) is 45.7 Å². The minimum atomic E-state index is -0.404. The lowest BCUT2D eigenvalue weighted by Crippen LogP contribution is -2.57. The predicted molar refractivity (Wildman–Crippen MR) is 83.0 cm³/mol. The first-order valence-electron chi connectivity index (χ1n) is 7.11. The summed E-state index contributed by atoms with van der Waals surface area (Å²) >= 11 is 0. The van der Waals surface area contributed by atoms with Crippen LogP contribution in [-0.2, 0) is 4.79 Å². The normalized spacial score (nSPS) is 17.8. The average molecular weight is 291 g/mol. The Hall–Kier alpha value is -1.88. The van der Waals surface area contributed by atoms with Crippen LogP contribution in [0.2, 0.25) is 0 Å². The summed E-state index contributed by atoms with van der Waals surface area (Å²) < 4.78 is 13.6. The van der Waals surface area contributed by atoms with Gasteiger partial charge in [0.05, 0.1) is 5.54 Å². The van der Waals surface area contributed by atoms with E-state index < -0.39 is 6.04 Å². The Morgan fingerprint density at radius 1 is 1.48 bits per heavy atom. The maximum absolute atomic E-state index is 13.6. The Labute approximate surface area is 124 Å². The van der Waals surface area contributed by atoms with Crippen molar-refractivity contribution in [2.24, 2.45) is 5.84 Å². The molecule has 3 N–H and O–H groups in total. The van der Waals surface area contributed by atoms with Gasteiger partial charge in [-0.1, -0.05) is 13.0 Å². The number of anilines is 1. The molecule has 4 nitrogen and oxygen atoms in total. The lowest BCUT2D eigenvalue weighted by molar-refractivity contribution is -0.122. The fourth-order valence-corrected chi connectivity index (χ4v) is 3.17. The van der Waals surface area contributed by atoms with Gasteiger partial charge in [-0.25, -0.2) is 10.2 Å². The van der Waals surface area contributed by atoms with Crippen LogP contribution < -0.4 is 16.2 Å². The van der Waals surface area contributed by atoms with Gasteiger partial charge in [0.15, 0.2) is 0 Å². The van der Waals surface area contributed by atoms with Gasteiger partial charge in [0, 0.05) is 11.3 Å². The van der Waals surface area contributed by atoms with Crippen LogP contribution in [0.4, 0.5) is 10.1 Å². The summed E-state index contributed by atoms with van der Waals surface area (Å²) in [5.41, 5.74) is 4.55. The minimum Gasteiger partial charge on any atom is -0.350 e. The van der Waals surface area contributed by atoms with Crippen molar-refractivity contribution in [1.29, 1.82) is 0 Å². The average Bonchev–Trinajstić information content (AvgIpc) is 2.42. The van der Waals surface area contributed by atoms with Crippen LogP contribution in [0.3, 0.4) is 0 Å². The molecule has 0 saturated carbocycles. The third-order valence-electron chi connectivity index (χ3n) is 3.98. The second-order valence-corrected chi connectivity index (χ2v) is 5.95. The highest BCUT2D eigenvalue weighted by Gasteiger charge is 2.38. The number of nitrogens with two attached hydrogens (primary N) is 1. The molecule has 1 aromatic rings. The SMILES string of the molecule is CC[C@@H](C(=O)NN)N1c2ccc(F)cc2C(C)=CC1(C)C. The van der Waals surface area contributed by atoms with Crippen LogP contribution in [0.1, 0.15) is 39.7 Å². The standard InChI is InChI=1S/C16H22FN3O/c1-5-13(15(21)19-18)20-14-7-6-11(17)8-12(14)10(2)9-16(20,3)4/h6-9,13H,5,18H2,1-4H3,(H,19,21)/t13-/m0/s1. The molecule has 0 aromatic heterocycles. The number of carbonyl (C=O) groups excluding carboxylic acids is 1. The summed E-state index contributed by atoms with van der Waals surface area (Å²) in [6, 6.07) is 4.26. The number of hydrogen-bond acceptors (Lipinski definition) is 3. The van der Waals surface area contributed by atoms with E-state index in [0.29, 0.717) is 6.42 Å². The van der Waals surface area contributed by atoms with Crippen LogP contribution in [0.25, 0.3) is 5.57 Å². The minimum absolute atomic E-state index is 0.242. The lowest BCUT2D eigenvalue weighted by atomic mass is 9.86. The van der Waals surface area contributed by atoms with Crippen molar-refractivity contribution in [1.82, 2.24) is 5.43 Å². The molecule has 1 aromatic carbocycles. The van der Waals surface area contributed by atoms with Crippen molar-refractivity contribution >= 4 is 17.2 Å². The lowest BCUT2D eigenvalue weighted by Gasteiger charge is -2.46. The summed E-state index contributed by atoms with van der Waals surface area (Å²) in [5, 5.41) is 0. The molecule has 0 bridgehead atoms. The molecule has 1 heterocycles. The van der Waals surface area contributed by atoms with E-state index in [9.17, 15) is 9.18 Å². The van der Waals surface area contributed by atoms with Crippen LogP contribution in [0, 0.1) is 5.82 Å². The molecular weight excluding hydrogens is 269 g/mol. The Balaban J connectivity index is 2.62. The van der Waals surface area contributed by atoms with Crippen LogP contribution in [-0.4, -0.2) is 17.5 Å². The quantitative estimate of drug-likeness (QED) is 0.511. The third kappa shape index (κ3) is 2.65. The molecule has 0 radical (unpaired) electrons. The van der Waals surface area contributed by atoms with E-state index in [-0.39, 0.29) is 17.3 Å². The zero-order valence-electron chi connectivity index (χ0n) is 12.9. The number of carbonyl (C=O) groups is 1. The highest BCUT2D eigenvalue weighted by Crippen LogP contribution is 2.40.